The molecule has 1 aromatic carbocycles. The summed E-state index contributed by atoms with van der Waals surface area (Å²) in [6, 6.07) is 6.77. The van der Waals surface area contributed by atoms with Crippen LogP contribution >= 0.6 is 15.9 Å². The lowest BCUT2D eigenvalue weighted by Crippen LogP contribution is -2.20. The SMILES string of the molecule is O=C(/C=C/Nc1ccc(Br)cc1)C(F)(F)F. The molecule has 0 aromatic heterocycles. The fourth-order valence-corrected chi connectivity index (χ4v) is 1.12. The Morgan fingerprint density at radius 3 is 2.31 bits per heavy atom. The molecule has 6 heteroatoms. The van der Waals surface area contributed by atoms with Gasteiger partial charge in [0.1, 0.15) is 0 Å². The Labute approximate surface area is 98.3 Å². The molecular formula is C10H7BrF3NO. The highest BCUT2D eigenvalue weighted by atomic mass is 79.9. The molecule has 1 rings (SSSR count). The Kier molecular flexibility index (Phi) is 4.12. The number of anilines is 1. The molecule has 0 unspecified atom stereocenters. The zero-order valence-corrected chi connectivity index (χ0v) is 9.47. The number of hydrogen-bond acceptors (Lipinski definition) is 2. The fourth-order valence-electron chi connectivity index (χ4n) is 0.854. The molecule has 0 aliphatic carbocycles. The normalized spacial score (nSPS) is 11.8. The molecule has 86 valence electrons. The standard InChI is InChI=1S/C10H7BrF3NO/c11-7-1-3-8(4-2-7)15-6-5-9(16)10(12,13)14/h1-6,15H/b6-5+. The van der Waals surface area contributed by atoms with E-state index in [-0.39, 0.29) is 0 Å². The van der Waals surface area contributed by atoms with Crippen LogP contribution in [0.3, 0.4) is 0 Å². The number of hydrogen-bond donors (Lipinski definition) is 1. The summed E-state index contributed by atoms with van der Waals surface area (Å²) in [7, 11) is 0. The van der Waals surface area contributed by atoms with Gasteiger partial charge in [-0.1, -0.05) is 15.9 Å². The van der Waals surface area contributed by atoms with Gasteiger partial charge >= 0.3 is 6.18 Å². The minimum Gasteiger partial charge on any atom is -0.362 e. The van der Waals surface area contributed by atoms with Gasteiger partial charge in [0.05, 0.1) is 0 Å². The zero-order valence-electron chi connectivity index (χ0n) is 7.88. The van der Waals surface area contributed by atoms with Gasteiger partial charge in [-0.25, -0.2) is 0 Å². The highest BCUT2D eigenvalue weighted by Crippen LogP contribution is 2.17. The summed E-state index contributed by atoms with van der Waals surface area (Å²) in [4.78, 5) is 10.4. The summed E-state index contributed by atoms with van der Waals surface area (Å²) >= 11 is 3.21. The minimum absolute atomic E-state index is 0.446. The molecule has 0 atom stereocenters. The molecule has 0 bridgehead atoms. The number of allylic oxidation sites excluding steroid dienone is 1. The van der Waals surface area contributed by atoms with Crippen molar-refractivity contribution >= 4 is 27.4 Å². The van der Waals surface area contributed by atoms with E-state index in [1.165, 1.54) is 0 Å². The first-order valence-corrected chi connectivity index (χ1v) is 4.99. The second-order valence-electron chi connectivity index (χ2n) is 2.85. The quantitative estimate of drug-likeness (QED) is 0.864. The topological polar surface area (TPSA) is 29.1 Å². The maximum Gasteiger partial charge on any atom is 0.454 e. The second-order valence-corrected chi connectivity index (χ2v) is 3.76. The van der Waals surface area contributed by atoms with Gasteiger partial charge in [0, 0.05) is 22.4 Å². The van der Waals surface area contributed by atoms with Crippen molar-refractivity contribution in [1.29, 1.82) is 0 Å². The molecule has 0 aliphatic heterocycles. The highest BCUT2D eigenvalue weighted by molar-refractivity contribution is 9.10. The third kappa shape index (κ3) is 4.06. The van der Waals surface area contributed by atoms with Crippen LogP contribution in [-0.4, -0.2) is 12.0 Å². The molecule has 2 nitrogen and oxygen atoms in total. The number of benzene rings is 1. The smallest absolute Gasteiger partial charge is 0.362 e. The van der Waals surface area contributed by atoms with Crippen molar-refractivity contribution in [3.8, 4) is 0 Å². The number of halogens is 4. The first-order valence-electron chi connectivity index (χ1n) is 4.19. The lowest BCUT2D eigenvalue weighted by Gasteiger charge is -2.01. The fraction of sp³-hybridized carbons (Fsp3) is 0.100. The molecule has 0 spiro atoms. The van der Waals surface area contributed by atoms with Crippen LogP contribution in [0.15, 0.2) is 41.0 Å². The molecule has 0 aliphatic rings. The van der Waals surface area contributed by atoms with Crippen LogP contribution in [0.5, 0.6) is 0 Å². The molecule has 0 amide bonds. The maximum absolute atomic E-state index is 11.8. The first-order chi connectivity index (χ1) is 7.39. The van der Waals surface area contributed by atoms with E-state index < -0.39 is 12.0 Å². The van der Waals surface area contributed by atoms with Gasteiger partial charge in [0.15, 0.2) is 0 Å². The van der Waals surface area contributed by atoms with Crippen LogP contribution in [0.2, 0.25) is 0 Å². The predicted molar refractivity (Wildman–Crippen MR) is 58.0 cm³/mol. The number of nitrogens with one attached hydrogen (secondary N) is 1. The van der Waals surface area contributed by atoms with E-state index in [1.807, 2.05) is 0 Å². The van der Waals surface area contributed by atoms with E-state index in [0.717, 1.165) is 10.7 Å². The molecule has 1 aromatic rings. The summed E-state index contributed by atoms with van der Waals surface area (Å²) in [6.07, 6.45) is -3.42. The van der Waals surface area contributed by atoms with Crippen molar-refractivity contribution in [1.82, 2.24) is 0 Å². The summed E-state index contributed by atoms with van der Waals surface area (Å²) in [5.41, 5.74) is 0.592. The molecule has 0 radical (unpaired) electrons. The van der Waals surface area contributed by atoms with Gasteiger partial charge in [-0.15, -0.1) is 0 Å². The average molecular weight is 294 g/mol. The Balaban J connectivity index is 2.55. The van der Waals surface area contributed by atoms with E-state index in [1.54, 1.807) is 24.3 Å². The van der Waals surface area contributed by atoms with Crippen molar-refractivity contribution in [2.45, 2.75) is 6.18 Å². The maximum atomic E-state index is 11.8. The molecule has 16 heavy (non-hydrogen) atoms. The van der Waals surface area contributed by atoms with E-state index in [0.29, 0.717) is 11.8 Å². The van der Waals surface area contributed by atoms with Gasteiger partial charge in [-0.2, -0.15) is 13.2 Å². The van der Waals surface area contributed by atoms with Crippen LogP contribution in [0, 0.1) is 0 Å². The van der Waals surface area contributed by atoms with Gasteiger partial charge in [0.25, 0.3) is 5.78 Å². The average Bonchev–Trinajstić information content (AvgIpc) is 2.19. The summed E-state index contributed by atoms with van der Waals surface area (Å²) in [6.45, 7) is 0. The Hall–Kier alpha value is -1.30. The van der Waals surface area contributed by atoms with E-state index >= 15 is 0 Å². The van der Waals surface area contributed by atoms with Crippen molar-refractivity contribution in [2.24, 2.45) is 0 Å². The monoisotopic (exact) mass is 293 g/mol. The lowest BCUT2D eigenvalue weighted by molar-refractivity contribution is -0.165. The van der Waals surface area contributed by atoms with Gasteiger partial charge in [-0.05, 0) is 24.3 Å². The Bertz CT molecular complexity index is 398. The molecule has 1 N–H and O–H groups in total. The lowest BCUT2D eigenvalue weighted by atomic mass is 10.3. The van der Waals surface area contributed by atoms with Crippen molar-refractivity contribution in [2.75, 3.05) is 5.32 Å². The minimum atomic E-state index is -4.82. The summed E-state index contributed by atoms with van der Waals surface area (Å²) < 4.78 is 36.2. The highest BCUT2D eigenvalue weighted by Gasteiger charge is 2.35. The molecular weight excluding hydrogens is 287 g/mol. The van der Waals surface area contributed by atoms with E-state index in [2.05, 4.69) is 21.2 Å². The van der Waals surface area contributed by atoms with Crippen molar-refractivity contribution in [3.05, 3.63) is 41.0 Å². The van der Waals surface area contributed by atoms with Crippen LogP contribution < -0.4 is 5.32 Å². The largest absolute Gasteiger partial charge is 0.454 e. The van der Waals surface area contributed by atoms with Gasteiger partial charge < -0.3 is 5.32 Å². The Morgan fingerprint density at radius 2 is 1.81 bits per heavy atom. The molecule has 0 fully saturated rings. The van der Waals surface area contributed by atoms with Crippen LogP contribution in [0.4, 0.5) is 18.9 Å². The number of ketones is 1. The third-order valence-corrected chi connectivity index (χ3v) is 2.14. The van der Waals surface area contributed by atoms with Gasteiger partial charge in [-0.3, -0.25) is 4.79 Å². The third-order valence-electron chi connectivity index (χ3n) is 1.61. The van der Waals surface area contributed by atoms with Crippen molar-refractivity contribution < 1.29 is 18.0 Å². The molecule has 0 heterocycles. The van der Waals surface area contributed by atoms with Crippen molar-refractivity contribution in [3.63, 3.8) is 0 Å². The molecule has 0 saturated heterocycles. The number of rotatable bonds is 3. The predicted octanol–water partition coefficient (Wildman–Crippen LogP) is 3.51. The second kappa shape index (κ2) is 5.16. The van der Waals surface area contributed by atoms with Crippen LogP contribution in [0.25, 0.3) is 0 Å². The number of carbonyl (C=O) groups excluding carboxylic acids is 1. The molecule has 0 saturated carbocycles. The van der Waals surface area contributed by atoms with E-state index in [9.17, 15) is 18.0 Å². The van der Waals surface area contributed by atoms with Crippen LogP contribution in [-0.2, 0) is 4.79 Å². The first kappa shape index (κ1) is 12.8. The summed E-state index contributed by atoms with van der Waals surface area (Å²) in [5.74, 6) is -1.89. The number of alkyl halides is 3. The van der Waals surface area contributed by atoms with E-state index in [4.69, 9.17) is 0 Å². The Morgan fingerprint density at radius 1 is 1.25 bits per heavy atom. The number of carbonyl (C=O) groups is 1. The zero-order chi connectivity index (χ0) is 12.2. The van der Waals surface area contributed by atoms with Gasteiger partial charge in [0.2, 0.25) is 0 Å². The van der Waals surface area contributed by atoms with Crippen LogP contribution in [0.1, 0.15) is 0 Å². The summed E-state index contributed by atoms with van der Waals surface area (Å²) in [5, 5.41) is 2.55.